The van der Waals surface area contributed by atoms with Gasteiger partial charge in [0.2, 0.25) is 0 Å². The molecule has 0 spiro atoms. The summed E-state index contributed by atoms with van der Waals surface area (Å²) in [5, 5.41) is 3.58. The first kappa shape index (κ1) is 14.0. The van der Waals surface area contributed by atoms with E-state index < -0.39 is 0 Å². The van der Waals surface area contributed by atoms with Gasteiger partial charge in [-0.25, -0.2) is 0 Å². The van der Waals surface area contributed by atoms with E-state index in [0.29, 0.717) is 5.41 Å². The minimum atomic E-state index is 0.685. The molecule has 0 bridgehead atoms. The maximum absolute atomic E-state index is 3.58. The summed E-state index contributed by atoms with van der Waals surface area (Å²) in [6.45, 7) is 9.31. The van der Waals surface area contributed by atoms with Crippen LogP contribution in [0.1, 0.15) is 72.1 Å². The van der Waals surface area contributed by atoms with Gasteiger partial charge >= 0.3 is 0 Å². The summed E-state index contributed by atoms with van der Waals surface area (Å²) >= 11 is 0. The van der Waals surface area contributed by atoms with Crippen molar-refractivity contribution in [2.45, 2.75) is 72.1 Å². The Morgan fingerprint density at radius 1 is 1.19 bits per heavy atom. The van der Waals surface area contributed by atoms with Crippen molar-refractivity contribution in [1.82, 2.24) is 5.32 Å². The van der Waals surface area contributed by atoms with Gasteiger partial charge in [0.1, 0.15) is 0 Å². The number of unbranched alkanes of at least 4 members (excludes halogenated alkanes) is 1. The summed E-state index contributed by atoms with van der Waals surface area (Å²) in [4.78, 5) is 0. The fourth-order valence-electron chi connectivity index (χ4n) is 3.08. The largest absolute Gasteiger partial charge is 0.316 e. The van der Waals surface area contributed by atoms with Crippen molar-refractivity contribution in [2.75, 3.05) is 13.1 Å². The fourth-order valence-corrected chi connectivity index (χ4v) is 3.08. The van der Waals surface area contributed by atoms with Gasteiger partial charge in [0, 0.05) is 6.54 Å². The quantitative estimate of drug-likeness (QED) is 0.614. The van der Waals surface area contributed by atoms with Crippen LogP contribution >= 0.6 is 0 Å². The van der Waals surface area contributed by atoms with Crippen LogP contribution in [-0.4, -0.2) is 13.1 Å². The number of rotatable bonds is 9. The number of hydrogen-bond acceptors (Lipinski definition) is 1. The molecule has 1 heteroatoms. The second-order valence-corrected chi connectivity index (χ2v) is 5.75. The predicted molar refractivity (Wildman–Crippen MR) is 72.8 cm³/mol. The lowest BCUT2D eigenvalue weighted by atomic mass is 9.63. The zero-order valence-electron chi connectivity index (χ0n) is 11.6. The average Bonchev–Trinajstić information content (AvgIpc) is 2.26. The normalized spacial score (nSPS) is 20.4. The Labute approximate surface area is 102 Å². The first-order valence-corrected chi connectivity index (χ1v) is 7.47. The van der Waals surface area contributed by atoms with Crippen LogP contribution in [0.25, 0.3) is 0 Å². The van der Waals surface area contributed by atoms with E-state index in [1.807, 2.05) is 0 Å². The van der Waals surface area contributed by atoms with E-state index in [1.165, 1.54) is 57.9 Å². The average molecular weight is 225 g/mol. The van der Waals surface area contributed by atoms with Crippen LogP contribution in [0.3, 0.4) is 0 Å². The molecule has 0 amide bonds. The van der Waals surface area contributed by atoms with E-state index in [2.05, 4.69) is 26.1 Å². The third kappa shape index (κ3) is 4.08. The van der Waals surface area contributed by atoms with Crippen LogP contribution in [0.4, 0.5) is 0 Å². The van der Waals surface area contributed by atoms with Crippen molar-refractivity contribution in [2.24, 2.45) is 11.3 Å². The van der Waals surface area contributed by atoms with Gasteiger partial charge in [-0.2, -0.15) is 0 Å². The van der Waals surface area contributed by atoms with Crippen molar-refractivity contribution in [3.8, 4) is 0 Å². The Bertz CT molecular complexity index is 172. The van der Waals surface area contributed by atoms with Crippen molar-refractivity contribution >= 4 is 0 Å². The third-order valence-electron chi connectivity index (χ3n) is 4.43. The van der Waals surface area contributed by atoms with Crippen molar-refractivity contribution in [1.29, 1.82) is 0 Å². The van der Waals surface area contributed by atoms with Crippen molar-refractivity contribution < 1.29 is 0 Å². The van der Waals surface area contributed by atoms with Crippen LogP contribution in [0, 0.1) is 11.3 Å². The van der Waals surface area contributed by atoms with Crippen LogP contribution in [-0.2, 0) is 0 Å². The molecule has 0 aromatic carbocycles. The van der Waals surface area contributed by atoms with Crippen LogP contribution in [0.2, 0.25) is 0 Å². The third-order valence-corrected chi connectivity index (χ3v) is 4.43. The van der Waals surface area contributed by atoms with Gasteiger partial charge in [-0.1, -0.05) is 52.9 Å². The van der Waals surface area contributed by atoms with Crippen LogP contribution in [0.5, 0.6) is 0 Å². The maximum atomic E-state index is 3.58. The Hall–Kier alpha value is -0.0400. The molecular formula is C15H31N. The molecule has 1 rings (SSSR count). The molecule has 1 fully saturated rings. The molecule has 1 atom stereocenters. The van der Waals surface area contributed by atoms with Gasteiger partial charge in [-0.3, -0.25) is 0 Å². The molecule has 1 nitrogen and oxygen atoms in total. The highest BCUT2D eigenvalue weighted by Crippen LogP contribution is 2.46. The molecule has 96 valence electrons. The molecule has 1 saturated carbocycles. The monoisotopic (exact) mass is 225 g/mol. The fraction of sp³-hybridized carbons (Fsp3) is 1.00. The summed E-state index contributed by atoms with van der Waals surface area (Å²) in [5.41, 5.74) is 0.685. The summed E-state index contributed by atoms with van der Waals surface area (Å²) in [6, 6.07) is 0. The number of hydrogen-bond donors (Lipinski definition) is 1. The van der Waals surface area contributed by atoms with E-state index in [0.717, 1.165) is 12.5 Å². The predicted octanol–water partition coefficient (Wildman–Crippen LogP) is 4.37. The van der Waals surface area contributed by atoms with E-state index in [4.69, 9.17) is 0 Å². The summed E-state index contributed by atoms with van der Waals surface area (Å²) < 4.78 is 0. The SMILES string of the molecule is CCCCC(CC)CC1(CNCC)CCC1. The molecule has 1 N–H and O–H groups in total. The number of nitrogens with one attached hydrogen (secondary N) is 1. The molecule has 1 unspecified atom stereocenters. The van der Waals surface area contributed by atoms with E-state index in [-0.39, 0.29) is 0 Å². The van der Waals surface area contributed by atoms with E-state index in [1.54, 1.807) is 0 Å². The molecule has 0 aliphatic heterocycles. The highest BCUT2D eigenvalue weighted by atomic mass is 14.9. The summed E-state index contributed by atoms with van der Waals surface area (Å²) in [7, 11) is 0. The lowest BCUT2D eigenvalue weighted by Gasteiger charge is -2.44. The van der Waals surface area contributed by atoms with Crippen molar-refractivity contribution in [3.63, 3.8) is 0 Å². The maximum Gasteiger partial charge on any atom is 0.000779 e. The second-order valence-electron chi connectivity index (χ2n) is 5.75. The molecule has 1 aliphatic rings. The van der Waals surface area contributed by atoms with E-state index >= 15 is 0 Å². The molecule has 0 radical (unpaired) electrons. The second kappa shape index (κ2) is 7.32. The molecule has 0 aromatic rings. The van der Waals surface area contributed by atoms with Gasteiger partial charge in [-0.15, -0.1) is 0 Å². The van der Waals surface area contributed by atoms with Gasteiger partial charge < -0.3 is 5.32 Å². The smallest absolute Gasteiger partial charge is 0.000779 e. The van der Waals surface area contributed by atoms with Crippen molar-refractivity contribution in [3.05, 3.63) is 0 Å². The van der Waals surface area contributed by atoms with Gasteiger partial charge in [-0.05, 0) is 37.1 Å². The molecule has 16 heavy (non-hydrogen) atoms. The van der Waals surface area contributed by atoms with Crippen LogP contribution < -0.4 is 5.32 Å². The lowest BCUT2D eigenvalue weighted by molar-refractivity contribution is 0.0876. The Balaban J connectivity index is 2.34. The standard InChI is InChI=1S/C15H31N/c1-4-7-9-14(5-2)12-15(10-8-11-15)13-16-6-3/h14,16H,4-13H2,1-3H3. The Kier molecular flexibility index (Phi) is 6.41. The van der Waals surface area contributed by atoms with Gasteiger partial charge in [0.05, 0.1) is 0 Å². The lowest BCUT2D eigenvalue weighted by Crippen LogP contribution is -2.41. The Morgan fingerprint density at radius 3 is 2.38 bits per heavy atom. The molecule has 0 saturated heterocycles. The molecule has 1 aliphatic carbocycles. The zero-order valence-corrected chi connectivity index (χ0v) is 11.6. The van der Waals surface area contributed by atoms with Gasteiger partial charge in [0.15, 0.2) is 0 Å². The summed E-state index contributed by atoms with van der Waals surface area (Å²) in [6.07, 6.45) is 11.5. The van der Waals surface area contributed by atoms with Gasteiger partial charge in [0.25, 0.3) is 0 Å². The molecule has 0 aromatic heterocycles. The first-order valence-electron chi connectivity index (χ1n) is 7.47. The minimum Gasteiger partial charge on any atom is -0.316 e. The zero-order chi connectivity index (χ0) is 11.9. The molecule has 0 heterocycles. The minimum absolute atomic E-state index is 0.685. The highest BCUT2D eigenvalue weighted by molar-refractivity contribution is 4.91. The first-order chi connectivity index (χ1) is 7.76. The highest BCUT2D eigenvalue weighted by Gasteiger charge is 2.37. The van der Waals surface area contributed by atoms with E-state index in [9.17, 15) is 0 Å². The molecular weight excluding hydrogens is 194 g/mol. The Morgan fingerprint density at radius 2 is 1.94 bits per heavy atom. The summed E-state index contributed by atoms with van der Waals surface area (Å²) in [5.74, 6) is 0.985. The topological polar surface area (TPSA) is 12.0 Å². The van der Waals surface area contributed by atoms with Crippen LogP contribution in [0.15, 0.2) is 0 Å².